The Bertz CT molecular complexity index is 1560. The zero-order chi connectivity index (χ0) is 24.5. The molecule has 2 heterocycles. The summed E-state index contributed by atoms with van der Waals surface area (Å²) in [6.45, 7) is 3.85. The van der Waals surface area contributed by atoms with Crippen molar-refractivity contribution in [1.29, 1.82) is 0 Å². The van der Waals surface area contributed by atoms with Gasteiger partial charge in [0.05, 0.1) is 22.0 Å². The number of nitrogens with one attached hydrogen (secondary N) is 3. The second kappa shape index (κ2) is 9.07. The minimum absolute atomic E-state index is 0.0569. The minimum atomic E-state index is -0.531. The Morgan fingerprint density at radius 2 is 1.80 bits per heavy atom. The highest BCUT2D eigenvalue weighted by Crippen LogP contribution is 2.36. The van der Waals surface area contributed by atoms with Gasteiger partial charge in [0.1, 0.15) is 16.8 Å². The van der Waals surface area contributed by atoms with E-state index < -0.39 is 5.91 Å². The summed E-state index contributed by atoms with van der Waals surface area (Å²) in [5, 5.41) is 6.65. The Kier molecular flexibility index (Phi) is 5.79. The van der Waals surface area contributed by atoms with Gasteiger partial charge in [-0.15, -0.1) is 0 Å². The van der Waals surface area contributed by atoms with Gasteiger partial charge in [-0.1, -0.05) is 29.5 Å². The summed E-state index contributed by atoms with van der Waals surface area (Å²) in [6, 6.07) is 17.7. The number of aromatic amines is 1. The van der Waals surface area contributed by atoms with Crippen LogP contribution in [0.4, 0.5) is 16.8 Å². The molecule has 0 aliphatic heterocycles. The molecule has 9 nitrogen and oxygen atoms in total. The van der Waals surface area contributed by atoms with Gasteiger partial charge in [0.2, 0.25) is 11.9 Å². The normalized spacial score (nSPS) is 11.2. The second-order valence-electron chi connectivity index (χ2n) is 8.10. The van der Waals surface area contributed by atoms with E-state index in [1.165, 1.54) is 11.3 Å². The fourth-order valence-electron chi connectivity index (χ4n) is 3.60. The average molecular weight is 487 g/mol. The van der Waals surface area contributed by atoms with Crippen molar-refractivity contribution in [2.24, 2.45) is 5.73 Å². The summed E-state index contributed by atoms with van der Waals surface area (Å²) in [7, 11) is 0. The molecule has 2 amide bonds. The van der Waals surface area contributed by atoms with E-state index >= 15 is 0 Å². The lowest BCUT2D eigenvalue weighted by atomic mass is 10.1. The first-order valence-corrected chi connectivity index (χ1v) is 11.7. The number of carbonyl (C=O) groups is 2. The first kappa shape index (κ1) is 22.4. The van der Waals surface area contributed by atoms with Crippen molar-refractivity contribution in [1.82, 2.24) is 15.0 Å². The third-order valence-electron chi connectivity index (χ3n) is 5.15. The number of hydrogen-bond acceptors (Lipinski definition) is 7. The van der Waals surface area contributed by atoms with Crippen molar-refractivity contribution in [2.75, 3.05) is 10.6 Å². The summed E-state index contributed by atoms with van der Waals surface area (Å²) in [5.74, 6) is 0.135. The van der Waals surface area contributed by atoms with E-state index in [-0.39, 0.29) is 12.0 Å². The summed E-state index contributed by atoms with van der Waals surface area (Å²) in [6.07, 6.45) is -0.0569. The number of rotatable bonds is 7. The number of imidazole rings is 1. The van der Waals surface area contributed by atoms with Gasteiger partial charge < -0.3 is 20.8 Å². The number of benzene rings is 3. The lowest BCUT2D eigenvalue weighted by Gasteiger charge is -2.15. The van der Waals surface area contributed by atoms with Gasteiger partial charge in [-0.05, 0) is 56.3 Å². The summed E-state index contributed by atoms with van der Waals surface area (Å²) < 4.78 is 6.79. The molecular formula is C25H22N6O3S. The third-order valence-corrected chi connectivity index (χ3v) is 6.08. The predicted octanol–water partition coefficient (Wildman–Crippen LogP) is 5.05. The van der Waals surface area contributed by atoms with Crippen LogP contribution in [-0.2, 0) is 0 Å². The van der Waals surface area contributed by atoms with Gasteiger partial charge in [-0.2, -0.15) is 0 Å². The van der Waals surface area contributed by atoms with Crippen molar-refractivity contribution in [3.63, 3.8) is 0 Å². The van der Waals surface area contributed by atoms with Crippen LogP contribution in [0.25, 0.3) is 21.3 Å². The molecule has 0 spiro atoms. The largest absolute Gasteiger partial charge is 0.489 e. The van der Waals surface area contributed by atoms with Crippen LogP contribution in [0.2, 0.25) is 0 Å². The smallest absolute Gasteiger partial charge is 0.257 e. The summed E-state index contributed by atoms with van der Waals surface area (Å²) in [5.41, 5.74) is 9.02. The topological polar surface area (TPSA) is 135 Å². The van der Waals surface area contributed by atoms with Gasteiger partial charge in [0, 0.05) is 11.1 Å². The molecule has 35 heavy (non-hydrogen) atoms. The molecule has 0 bridgehead atoms. The number of thiazole rings is 1. The van der Waals surface area contributed by atoms with E-state index in [1.807, 2.05) is 32.0 Å². The lowest BCUT2D eigenvalue weighted by Crippen LogP contribution is -2.12. The molecule has 0 atom stereocenters. The average Bonchev–Trinajstić information content (AvgIpc) is 3.43. The Morgan fingerprint density at radius 3 is 2.54 bits per heavy atom. The Labute approximate surface area is 204 Å². The maximum absolute atomic E-state index is 12.5. The number of primary amides is 1. The number of H-pyrrole nitrogens is 1. The van der Waals surface area contributed by atoms with Gasteiger partial charge in [0.25, 0.3) is 5.91 Å². The number of nitrogens with zero attached hydrogens (tertiary/aromatic N) is 2. The van der Waals surface area contributed by atoms with E-state index in [0.29, 0.717) is 44.7 Å². The molecule has 0 unspecified atom stereocenters. The van der Waals surface area contributed by atoms with Gasteiger partial charge in [-0.3, -0.25) is 14.9 Å². The maximum Gasteiger partial charge on any atom is 0.257 e. The highest BCUT2D eigenvalue weighted by Gasteiger charge is 2.16. The van der Waals surface area contributed by atoms with Crippen molar-refractivity contribution >= 4 is 61.2 Å². The number of ether oxygens (including phenoxy) is 1. The van der Waals surface area contributed by atoms with E-state index in [1.54, 1.807) is 42.5 Å². The Hall–Kier alpha value is -4.44. The van der Waals surface area contributed by atoms with E-state index in [0.717, 1.165) is 10.2 Å². The van der Waals surface area contributed by atoms with Crippen molar-refractivity contribution < 1.29 is 14.3 Å². The minimum Gasteiger partial charge on any atom is -0.489 e. The molecule has 0 aliphatic carbocycles. The number of nitrogens with two attached hydrogens (primary N) is 1. The van der Waals surface area contributed by atoms with Crippen molar-refractivity contribution in [2.45, 2.75) is 20.0 Å². The molecule has 176 valence electrons. The fraction of sp³-hybridized carbons (Fsp3) is 0.120. The Morgan fingerprint density at radius 1 is 1.00 bits per heavy atom. The van der Waals surface area contributed by atoms with Crippen LogP contribution >= 0.6 is 11.3 Å². The van der Waals surface area contributed by atoms with Crippen LogP contribution in [0.15, 0.2) is 60.7 Å². The fourth-order valence-corrected chi connectivity index (χ4v) is 4.48. The van der Waals surface area contributed by atoms with Crippen LogP contribution in [0.1, 0.15) is 34.6 Å². The van der Waals surface area contributed by atoms with E-state index in [9.17, 15) is 9.59 Å². The van der Waals surface area contributed by atoms with Crippen LogP contribution in [0.5, 0.6) is 5.75 Å². The number of anilines is 3. The maximum atomic E-state index is 12.5. The number of hydrogen-bond donors (Lipinski definition) is 4. The van der Waals surface area contributed by atoms with Crippen LogP contribution in [0.3, 0.4) is 0 Å². The monoisotopic (exact) mass is 486 g/mol. The highest BCUT2D eigenvalue weighted by molar-refractivity contribution is 7.22. The molecule has 0 radical (unpaired) electrons. The molecule has 5 rings (SSSR count). The van der Waals surface area contributed by atoms with Crippen LogP contribution in [-0.4, -0.2) is 32.9 Å². The highest BCUT2D eigenvalue weighted by atomic mass is 32.1. The molecule has 5 N–H and O–H groups in total. The molecular weight excluding hydrogens is 464 g/mol. The number of aromatic nitrogens is 3. The summed E-state index contributed by atoms with van der Waals surface area (Å²) in [4.78, 5) is 36.6. The molecule has 10 heteroatoms. The predicted molar refractivity (Wildman–Crippen MR) is 138 cm³/mol. The van der Waals surface area contributed by atoms with E-state index in [4.69, 9.17) is 15.5 Å². The number of carbonyl (C=O) groups excluding carboxylic acids is 2. The Balaban J connectivity index is 1.47. The van der Waals surface area contributed by atoms with Crippen LogP contribution in [0, 0.1) is 0 Å². The van der Waals surface area contributed by atoms with Gasteiger partial charge in [0.15, 0.2) is 5.13 Å². The second-order valence-corrected chi connectivity index (χ2v) is 9.13. The molecule has 5 aromatic rings. The van der Waals surface area contributed by atoms with Crippen LogP contribution < -0.4 is 21.1 Å². The quantitative estimate of drug-likeness (QED) is 0.254. The number of amides is 2. The zero-order valence-corrected chi connectivity index (χ0v) is 19.8. The molecule has 2 aromatic heterocycles. The van der Waals surface area contributed by atoms with E-state index in [2.05, 4.69) is 20.6 Å². The standard InChI is InChI=1S/C25H22N6O3S/c1-13(2)34-18-10-8-15(22(26)32)12-17(18)28-25-30-21-19(35-25)11-9-16-20(21)29-24(27-16)31-23(33)14-6-4-3-5-7-14/h3-13H,1-2H3,(H2,26,32)(H,28,30)(H2,27,29,31,33). The molecule has 0 aliphatic rings. The zero-order valence-electron chi connectivity index (χ0n) is 19.0. The molecule has 0 fully saturated rings. The molecule has 3 aromatic carbocycles. The summed E-state index contributed by atoms with van der Waals surface area (Å²) >= 11 is 1.43. The lowest BCUT2D eigenvalue weighted by molar-refractivity contribution is 0.0997. The SMILES string of the molecule is CC(C)Oc1ccc(C(N)=O)cc1Nc1nc2c(ccc3[nH]c(NC(=O)c4ccccc4)nc32)s1. The van der Waals surface area contributed by atoms with Gasteiger partial charge >= 0.3 is 0 Å². The van der Waals surface area contributed by atoms with Crippen molar-refractivity contribution in [3.05, 3.63) is 71.8 Å². The molecule has 0 saturated carbocycles. The first-order valence-electron chi connectivity index (χ1n) is 10.9. The number of fused-ring (bicyclic) bond motifs is 3. The van der Waals surface area contributed by atoms with Gasteiger partial charge in [-0.25, -0.2) is 9.97 Å². The first-order chi connectivity index (χ1) is 16.9. The van der Waals surface area contributed by atoms with Crippen molar-refractivity contribution in [3.8, 4) is 5.75 Å². The third kappa shape index (κ3) is 4.64. The molecule has 0 saturated heterocycles.